The van der Waals surface area contributed by atoms with E-state index in [1.165, 1.54) is 0 Å². The van der Waals surface area contributed by atoms with Crippen molar-refractivity contribution in [2.24, 2.45) is 5.73 Å². The van der Waals surface area contributed by atoms with E-state index in [0.29, 0.717) is 31.1 Å². The van der Waals surface area contributed by atoms with Crippen molar-refractivity contribution in [2.75, 3.05) is 6.54 Å². The molecule has 3 rings (SSSR count). The number of aliphatic hydroxyl groups is 1. The van der Waals surface area contributed by atoms with Crippen LogP contribution in [0.25, 0.3) is 11.3 Å². The minimum atomic E-state index is -0.630. The van der Waals surface area contributed by atoms with Gasteiger partial charge in [-0.2, -0.15) is 0 Å². The largest absolute Gasteiger partial charge is 0.385 e. The first-order valence-electron chi connectivity index (χ1n) is 8.11. The Morgan fingerprint density at radius 1 is 1.32 bits per heavy atom. The molecular weight excluding hydrogens is 316 g/mol. The molecule has 3 aromatic rings. The zero-order valence-corrected chi connectivity index (χ0v) is 14.0. The van der Waals surface area contributed by atoms with Crippen LogP contribution in [-0.2, 0) is 6.54 Å². The van der Waals surface area contributed by atoms with Gasteiger partial charge in [0.05, 0.1) is 6.54 Å². The van der Waals surface area contributed by atoms with E-state index in [1.807, 2.05) is 41.1 Å². The highest BCUT2D eigenvalue weighted by atomic mass is 16.5. The predicted octanol–water partition coefficient (Wildman–Crippen LogP) is 2.34. The molecule has 0 aliphatic heterocycles. The van der Waals surface area contributed by atoms with Gasteiger partial charge in [0.25, 0.3) is 0 Å². The Morgan fingerprint density at radius 2 is 2.12 bits per heavy atom. The molecule has 0 saturated carbocycles. The van der Waals surface area contributed by atoms with Crippen LogP contribution in [0.1, 0.15) is 36.5 Å². The predicted molar refractivity (Wildman–Crippen MR) is 94.5 cm³/mol. The summed E-state index contributed by atoms with van der Waals surface area (Å²) in [5, 5.41) is 13.8. The second-order valence-corrected chi connectivity index (χ2v) is 5.69. The molecular formula is C19H20N4O2. The summed E-state index contributed by atoms with van der Waals surface area (Å²) < 4.78 is 7.29. The molecule has 6 nitrogen and oxygen atoms in total. The lowest BCUT2D eigenvalue weighted by atomic mass is 10.1. The number of hydrogen-bond acceptors (Lipinski definition) is 5. The van der Waals surface area contributed by atoms with Crippen molar-refractivity contribution in [2.45, 2.75) is 26.0 Å². The lowest BCUT2D eigenvalue weighted by Crippen LogP contribution is -2.07. The Morgan fingerprint density at radius 3 is 2.84 bits per heavy atom. The SMILES string of the molecule is CC(O)c1nccn1Cc1cc(-c2ccc(C#CCCN)cc2)on1. The highest BCUT2D eigenvalue weighted by Crippen LogP contribution is 2.21. The van der Waals surface area contributed by atoms with Gasteiger partial charge < -0.3 is 19.9 Å². The van der Waals surface area contributed by atoms with E-state index in [0.717, 1.165) is 16.8 Å². The molecule has 6 heteroatoms. The number of nitrogens with zero attached hydrogens (tertiary/aromatic N) is 3. The van der Waals surface area contributed by atoms with E-state index in [2.05, 4.69) is 22.0 Å². The monoisotopic (exact) mass is 336 g/mol. The molecule has 2 heterocycles. The Balaban J connectivity index is 1.73. The molecule has 0 aliphatic carbocycles. The topological polar surface area (TPSA) is 90.1 Å². The summed E-state index contributed by atoms with van der Waals surface area (Å²) in [6, 6.07) is 9.69. The third-order valence-corrected chi connectivity index (χ3v) is 3.68. The maximum atomic E-state index is 9.71. The van der Waals surface area contributed by atoms with Crippen LogP contribution >= 0.6 is 0 Å². The number of rotatable bonds is 5. The minimum Gasteiger partial charge on any atom is -0.385 e. The maximum absolute atomic E-state index is 9.71. The summed E-state index contributed by atoms with van der Waals surface area (Å²) in [5.74, 6) is 7.37. The summed E-state index contributed by atoms with van der Waals surface area (Å²) >= 11 is 0. The normalized spacial score (nSPS) is 11.8. The molecule has 3 N–H and O–H groups in total. The lowest BCUT2D eigenvalue weighted by Gasteiger charge is -2.07. The highest BCUT2D eigenvalue weighted by Gasteiger charge is 2.12. The molecule has 0 spiro atoms. The quantitative estimate of drug-likeness (QED) is 0.698. The number of hydrogen-bond donors (Lipinski definition) is 2. The van der Waals surface area contributed by atoms with Crippen LogP contribution in [0.3, 0.4) is 0 Å². The zero-order valence-electron chi connectivity index (χ0n) is 14.0. The van der Waals surface area contributed by atoms with Crippen LogP contribution in [0.4, 0.5) is 0 Å². The molecule has 0 fully saturated rings. The molecule has 2 aromatic heterocycles. The Kier molecular flexibility index (Phi) is 5.29. The van der Waals surface area contributed by atoms with E-state index >= 15 is 0 Å². The van der Waals surface area contributed by atoms with Crippen molar-refractivity contribution in [3.8, 4) is 23.2 Å². The van der Waals surface area contributed by atoms with Crippen LogP contribution in [0.15, 0.2) is 47.2 Å². The fourth-order valence-electron chi connectivity index (χ4n) is 2.47. The molecule has 128 valence electrons. The van der Waals surface area contributed by atoms with E-state index < -0.39 is 6.10 Å². The van der Waals surface area contributed by atoms with E-state index in [-0.39, 0.29) is 0 Å². The molecule has 1 unspecified atom stereocenters. The van der Waals surface area contributed by atoms with Gasteiger partial charge >= 0.3 is 0 Å². The Bertz CT molecular complexity index is 882. The van der Waals surface area contributed by atoms with Gasteiger partial charge in [0.2, 0.25) is 0 Å². The van der Waals surface area contributed by atoms with Crippen LogP contribution in [0.5, 0.6) is 0 Å². The maximum Gasteiger partial charge on any atom is 0.167 e. The first kappa shape index (κ1) is 17.0. The van der Waals surface area contributed by atoms with Gasteiger partial charge in [0, 0.05) is 42.6 Å². The van der Waals surface area contributed by atoms with Crippen molar-refractivity contribution >= 4 is 0 Å². The second kappa shape index (κ2) is 7.79. The number of nitrogens with two attached hydrogens (primary N) is 1. The van der Waals surface area contributed by atoms with Gasteiger partial charge in [0.1, 0.15) is 17.6 Å². The fourth-order valence-corrected chi connectivity index (χ4v) is 2.47. The van der Waals surface area contributed by atoms with Crippen LogP contribution < -0.4 is 5.73 Å². The molecule has 1 aromatic carbocycles. The Labute approximate surface area is 146 Å². The molecule has 0 radical (unpaired) electrons. The number of imidazole rings is 1. The summed E-state index contributed by atoms with van der Waals surface area (Å²) in [4.78, 5) is 4.15. The zero-order chi connectivity index (χ0) is 17.6. The average Bonchev–Trinajstić information content (AvgIpc) is 3.26. The van der Waals surface area contributed by atoms with Crippen molar-refractivity contribution in [1.29, 1.82) is 0 Å². The highest BCUT2D eigenvalue weighted by molar-refractivity contribution is 5.59. The Hall–Kier alpha value is -2.88. The molecule has 0 aliphatic rings. The van der Waals surface area contributed by atoms with Gasteiger partial charge in [-0.25, -0.2) is 4.98 Å². The van der Waals surface area contributed by atoms with Gasteiger partial charge in [-0.05, 0) is 31.2 Å². The van der Waals surface area contributed by atoms with Crippen molar-refractivity contribution in [3.63, 3.8) is 0 Å². The van der Waals surface area contributed by atoms with Crippen LogP contribution in [0, 0.1) is 11.8 Å². The van der Waals surface area contributed by atoms with Gasteiger partial charge in [-0.3, -0.25) is 0 Å². The third kappa shape index (κ3) is 4.15. The average molecular weight is 336 g/mol. The number of aromatic nitrogens is 3. The van der Waals surface area contributed by atoms with Crippen molar-refractivity contribution in [1.82, 2.24) is 14.7 Å². The van der Waals surface area contributed by atoms with Gasteiger partial charge in [0.15, 0.2) is 5.76 Å². The lowest BCUT2D eigenvalue weighted by molar-refractivity contribution is 0.184. The molecule has 0 amide bonds. The number of aliphatic hydroxyl groups excluding tert-OH is 1. The van der Waals surface area contributed by atoms with Gasteiger partial charge in [-0.1, -0.05) is 17.0 Å². The smallest absolute Gasteiger partial charge is 0.167 e. The van der Waals surface area contributed by atoms with Gasteiger partial charge in [-0.15, -0.1) is 0 Å². The molecule has 0 saturated heterocycles. The van der Waals surface area contributed by atoms with Crippen molar-refractivity contribution < 1.29 is 9.63 Å². The van der Waals surface area contributed by atoms with Crippen LogP contribution in [0.2, 0.25) is 0 Å². The van der Waals surface area contributed by atoms with Crippen molar-refractivity contribution in [3.05, 3.63) is 59.8 Å². The molecule has 25 heavy (non-hydrogen) atoms. The molecule has 1 atom stereocenters. The summed E-state index contributed by atoms with van der Waals surface area (Å²) in [5.41, 5.74) is 8.07. The summed E-state index contributed by atoms with van der Waals surface area (Å²) in [7, 11) is 0. The fraction of sp³-hybridized carbons (Fsp3) is 0.263. The first-order chi connectivity index (χ1) is 12.2. The van der Waals surface area contributed by atoms with E-state index in [9.17, 15) is 5.11 Å². The standard InChI is InChI=1S/C19H20N4O2/c1-14(24)19-21-10-11-23(19)13-17-12-18(25-22-17)16-7-5-15(6-8-16)4-2-3-9-20/h5-8,10-12,14,24H,3,9,13,20H2,1H3. The second-order valence-electron chi connectivity index (χ2n) is 5.69. The molecule has 0 bridgehead atoms. The summed E-state index contributed by atoms with van der Waals surface area (Å²) in [6.45, 7) is 2.75. The van der Waals surface area contributed by atoms with Crippen LogP contribution in [-0.4, -0.2) is 26.4 Å². The first-order valence-corrected chi connectivity index (χ1v) is 8.11. The van der Waals surface area contributed by atoms with E-state index in [1.54, 1.807) is 13.1 Å². The third-order valence-electron chi connectivity index (χ3n) is 3.68. The summed E-state index contributed by atoms with van der Waals surface area (Å²) in [6.07, 6.45) is 3.53. The number of benzene rings is 1. The van der Waals surface area contributed by atoms with E-state index in [4.69, 9.17) is 10.3 Å². The minimum absolute atomic E-state index is 0.492.